The number of hydrogen-bond acceptors (Lipinski definition) is 10. The number of halogens is 1. The van der Waals surface area contributed by atoms with E-state index in [9.17, 15) is 29.6 Å². The van der Waals surface area contributed by atoms with Crippen LogP contribution in [0.15, 0.2) is 104 Å². The number of nitrogens with zero attached hydrogens (tertiary/aromatic N) is 3. The van der Waals surface area contributed by atoms with Gasteiger partial charge in [0.25, 0.3) is 17.5 Å². The number of nitro groups is 1. The van der Waals surface area contributed by atoms with Crippen LogP contribution in [0.5, 0.6) is 0 Å². The fourth-order valence-corrected chi connectivity index (χ4v) is 7.48. The first-order chi connectivity index (χ1) is 22.1. The largest absolute Gasteiger partial charge is 0.478 e. The minimum Gasteiger partial charge on any atom is -0.478 e. The lowest BCUT2D eigenvalue weighted by atomic mass is 10.2. The molecule has 1 aliphatic rings. The summed E-state index contributed by atoms with van der Waals surface area (Å²) in [6.45, 7) is 0. The molecule has 1 aromatic heterocycles. The fourth-order valence-electron chi connectivity index (χ4n) is 4.27. The zero-order chi connectivity index (χ0) is 32.4. The standard InChI is InChI=1S/C31H18ClN5O6S3/c32-21-7-2-1-6-20(21)27(38)33-19-9-10-22-25(15-19)46-31(35-22)45-24-11-8-16(12-23(24)37(42)43)13-26-28(39)36-30(44-26)34-18-5-3-4-17(14-18)29(40)41/h1-15H,(H,33,38)(H,40,41)(H,34,36,39)/b26-13-. The number of amides is 2. The number of thiazole rings is 1. The van der Waals surface area contributed by atoms with E-state index in [0.717, 1.165) is 28.2 Å². The third kappa shape index (κ3) is 6.94. The quantitative estimate of drug-likeness (QED) is 0.0837. The third-order valence-corrected chi connectivity index (χ3v) is 9.78. The summed E-state index contributed by atoms with van der Waals surface area (Å²) in [7, 11) is 0. The summed E-state index contributed by atoms with van der Waals surface area (Å²) in [4.78, 5) is 57.5. The highest BCUT2D eigenvalue weighted by atomic mass is 35.5. The normalized spacial score (nSPS) is 14.5. The van der Waals surface area contributed by atoms with E-state index in [4.69, 9.17) is 11.6 Å². The minimum absolute atomic E-state index is 0.0610. The summed E-state index contributed by atoms with van der Waals surface area (Å²) in [6, 6.07) is 22.6. The van der Waals surface area contributed by atoms with Crippen molar-refractivity contribution in [2.24, 2.45) is 4.99 Å². The van der Waals surface area contributed by atoms with Crippen LogP contribution >= 0.6 is 46.5 Å². The highest BCUT2D eigenvalue weighted by molar-refractivity contribution is 8.18. The van der Waals surface area contributed by atoms with Gasteiger partial charge in [0, 0.05) is 11.8 Å². The predicted octanol–water partition coefficient (Wildman–Crippen LogP) is 7.85. The molecule has 2 amide bonds. The van der Waals surface area contributed by atoms with Gasteiger partial charge in [-0.25, -0.2) is 14.8 Å². The molecule has 15 heteroatoms. The molecule has 5 aromatic rings. The number of anilines is 1. The Morgan fingerprint density at radius 2 is 1.89 bits per heavy atom. The second-order valence-electron chi connectivity index (χ2n) is 9.52. The van der Waals surface area contributed by atoms with Crippen LogP contribution in [0.4, 0.5) is 17.1 Å². The second-order valence-corrected chi connectivity index (χ2v) is 13.3. The number of benzene rings is 4. The van der Waals surface area contributed by atoms with E-state index in [1.807, 2.05) is 0 Å². The van der Waals surface area contributed by atoms with Crippen molar-refractivity contribution < 1.29 is 24.4 Å². The molecule has 0 atom stereocenters. The first-order valence-corrected chi connectivity index (χ1v) is 16.0. The molecule has 0 saturated carbocycles. The van der Waals surface area contributed by atoms with Gasteiger partial charge in [0.15, 0.2) is 9.51 Å². The first-order valence-electron chi connectivity index (χ1n) is 13.2. The van der Waals surface area contributed by atoms with Crippen molar-refractivity contribution in [1.29, 1.82) is 0 Å². The van der Waals surface area contributed by atoms with E-state index in [2.05, 4.69) is 20.6 Å². The maximum Gasteiger partial charge on any atom is 0.335 e. The van der Waals surface area contributed by atoms with Crippen molar-refractivity contribution in [3.05, 3.63) is 122 Å². The Labute approximate surface area is 277 Å². The van der Waals surface area contributed by atoms with Gasteiger partial charge in [-0.1, -0.05) is 47.6 Å². The Morgan fingerprint density at radius 3 is 2.67 bits per heavy atom. The zero-order valence-electron chi connectivity index (χ0n) is 23.1. The van der Waals surface area contributed by atoms with Gasteiger partial charge < -0.3 is 15.7 Å². The number of rotatable bonds is 8. The molecule has 11 nitrogen and oxygen atoms in total. The van der Waals surface area contributed by atoms with Gasteiger partial charge in [-0.05, 0) is 78.0 Å². The number of aliphatic imine (C=N–C) groups is 1. The summed E-state index contributed by atoms with van der Waals surface area (Å²) in [5.41, 5.74) is 2.26. The molecule has 0 aliphatic carbocycles. The van der Waals surface area contributed by atoms with Gasteiger partial charge in [0.05, 0.1) is 46.8 Å². The summed E-state index contributed by atoms with van der Waals surface area (Å²) < 4.78 is 1.34. The predicted molar refractivity (Wildman–Crippen MR) is 180 cm³/mol. The number of aromatic nitrogens is 1. The van der Waals surface area contributed by atoms with Gasteiger partial charge >= 0.3 is 5.97 Å². The van der Waals surface area contributed by atoms with Crippen LogP contribution < -0.4 is 10.6 Å². The molecule has 1 fully saturated rings. The number of aromatic carboxylic acids is 1. The Bertz CT molecular complexity index is 2150. The van der Waals surface area contributed by atoms with Crippen LogP contribution in [-0.2, 0) is 4.79 Å². The number of carbonyl (C=O) groups excluding carboxylic acids is 2. The molecule has 0 radical (unpaired) electrons. The van der Waals surface area contributed by atoms with Crippen molar-refractivity contribution in [3.63, 3.8) is 0 Å². The maximum atomic E-state index is 12.7. The maximum absolute atomic E-state index is 12.7. The van der Waals surface area contributed by atoms with Crippen LogP contribution in [0.25, 0.3) is 16.3 Å². The zero-order valence-corrected chi connectivity index (χ0v) is 26.3. The number of amidine groups is 1. The molecule has 2 heterocycles. The van der Waals surface area contributed by atoms with Crippen molar-refractivity contribution in [2.75, 3.05) is 5.32 Å². The highest BCUT2D eigenvalue weighted by Crippen LogP contribution is 2.40. The van der Waals surface area contributed by atoms with E-state index < -0.39 is 16.8 Å². The average molecular weight is 688 g/mol. The highest BCUT2D eigenvalue weighted by Gasteiger charge is 2.25. The van der Waals surface area contributed by atoms with Gasteiger partial charge in [-0.15, -0.1) is 11.3 Å². The van der Waals surface area contributed by atoms with Crippen molar-refractivity contribution in [2.45, 2.75) is 9.24 Å². The summed E-state index contributed by atoms with van der Waals surface area (Å²) >= 11 is 9.64. The van der Waals surface area contributed by atoms with E-state index in [1.165, 1.54) is 35.6 Å². The van der Waals surface area contributed by atoms with Gasteiger partial charge in [-0.3, -0.25) is 19.7 Å². The van der Waals surface area contributed by atoms with Crippen molar-refractivity contribution in [1.82, 2.24) is 10.3 Å². The lowest BCUT2D eigenvalue weighted by Gasteiger charge is -2.06. The topological polar surface area (TPSA) is 164 Å². The van der Waals surface area contributed by atoms with Gasteiger partial charge in [0.1, 0.15) is 0 Å². The van der Waals surface area contributed by atoms with Crippen LogP contribution in [0, 0.1) is 10.1 Å². The number of nitro benzene ring substituents is 1. The van der Waals surface area contributed by atoms with Gasteiger partial charge in [-0.2, -0.15) is 0 Å². The molecule has 46 heavy (non-hydrogen) atoms. The molecular formula is C31H18ClN5O6S3. The average Bonchev–Trinajstić information content (AvgIpc) is 3.59. The molecule has 4 aromatic carbocycles. The summed E-state index contributed by atoms with van der Waals surface area (Å²) in [6.07, 6.45) is 1.52. The number of thioether (sulfide) groups is 1. The molecule has 1 aliphatic heterocycles. The minimum atomic E-state index is -1.10. The van der Waals surface area contributed by atoms with Gasteiger partial charge in [0.2, 0.25) is 0 Å². The van der Waals surface area contributed by atoms with Crippen molar-refractivity contribution >= 4 is 103 Å². The summed E-state index contributed by atoms with van der Waals surface area (Å²) in [5.74, 6) is -1.88. The first kappa shape index (κ1) is 31.0. The van der Waals surface area contributed by atoms with Crippen molar-refractivity contribution in [3.8, 4) is 0 Å². The van der Waals surface area contributed by atoms with E-state index in [-0.39, 0.29) is 27.2 Å². The lowest BCUT2D eigenvalue weighted by Crippen LogP contribution is -2.19. The number of hydrogen-bond donors (Lipinski definition) is 3. The molecule has 0 unspecified atom stereocenters. The molecule has 228 valence electrons. The Morgan fingerprint density at radius 1 is 1.07 bits per heavy atom. The second kappa shape index (κ2) is 13.1. The Kier molecular flexibility index (Phi) is 8.85. The molecular weight excluding hydrogens is 670 g/mol. The molecule has 0 spiro atoms. The number of carboxylic acids is 1. The molecule has 3 N–H and O–H groups in total. The van der Waals surface area contributed by atoms with Crippen LogP contribution in [-0.4, -0.2) is 38.0 Å². The SMILES string of the molecule is O=C1NC(=Nc2cccc(C(=O)O)c2)S/C1=C\c1ccc(Sc2nc3ccc(NC(=O)c4ccccc4Cl)cc3s2)c([N+](=O)[O-])c1. The van der Waals surface area contributed by atoms with Crippen LogP contribution in [0.2, 0.25) is 5.02 Å². The number of carbonyl (C=O) groups is 3. The summed E-state index contributed by atoms with van der Waals surface area (Å²) in [5, 5.41) is 27.3. The lowest BCUT2D eigenvalue weighted by molar-refractivity contribution is -0.387. The molecule has 0 bridgehead atoms. The number of nitrogens with one attached hydrogen (secondary N) is 2. The van der Waals surface area contributed by atoms with E-state index in [0.29, 0.717) is 42.3 Å². The third-order valence-electron chi connectivity index (χ3n) is 6.39. The van der Waals surface area contributed by atoms with E-state index in [1.54, 1.807) is 66.7 Å². The van der Waals surface area contributed by atoms with E-state index >= 15 is 0 Å². The van der Waals surface area contributed by atoms with Crippen LogP contribution in [0.1, 0.15) is 26.3 Å². The Hall–Kier alpha value is -5.02. The number of carboxylic acid groups (broad SMARTS) is 1. The Balaban J connectivity index is 1.19. The molecule has 1 saturated heterocycles. The smallest absolute Gasteiger partial charge is 0.335 e. The number of fused-ring (bicyclic) bond motifs is 1. The van der Waals surface area contributed by atoms with Crippen LogP contribution in [0.3, 0.4) is 0 Å². The monoisotopic (exact) mass is 687 g/mol. The fraction of sp³-hybridized carbons (Fsp3) is 0. The molecule has 6 rings (SSSR count).